The van der Waals surface area contributed by atoms with E-state index in [0.29, 0.717) is 5.92 Å². The van der Waals surface area contributed by atoms with E-state index in [2.05, 4.69) is 59.4 Å². The lowest BCUT2D eigenvalue weighted by Crippen LogP contribution is -2.32. The van der Waals surface area contributed by atoms with Gasteiger partial charge in [0, 0.05) is 11.0 Å². The lowest BCUT2D eigenvalue weighted by Gasteiger charge is -2.34. The maximum Gasteiger partial charge on any atom is 0.0175 e. The highest BCUT2D eigenvalue weighted by Gasteiger charge is 2.28. The molecule has 0 saturated heterocycles. The first-order chi connectivity index (χ1) is 8.66. The number of hydrogen-bond donors (Lipinski definition) is 1. The van der Waals surface area contributed by atoms with Crippen LogP contribution >= 0.6 is 15.9 Å². The zero-order valence-corrected chi connectivity index (χ0v) is 13.0. The van der Waals surface area contributed by atoms with Gasteiger partial charge in [0.15, 0.2) is 0 Å². The molecular weight excluding hydrogens is 286 g/mol. The molecule has 18 heavy (non-hydrogen) atoms. The van der Waals surface area contributed by atoms with Gasteiger partial charge in [-0.25, -0.2) is 0 Å². The van der Waals surface area contributed by atoms with Gasteiger partial charge in [0.25, 0.3) is 0 Å². The van der Waals surface area contributed by atoms with Crippen LogP contribution in [0.5, 0.6) is 0 Å². The SMILES string of the molecule is CC(C)CNCC(c1ccc(Br)cc1)C1CCC1. The Hall–Kier alpha value is -0.340. The molecule has 1 N–H and O–H groups in total. The van der Waals surface area contributed by atoms with Crippen LogP contribution in [0.3, 0.4) is 0 Å². The fourth-order valence-electron chi connectivity index (χ4n) is 2.64. The van der Waals surface area contributed by atoms with Crippen molar-refractivity contribution in [3.8, 4) is 0 Å². The third-order valence-electron chi connectivity index (χ3n) is 3.93. The van der Waals surface area contributed by atoms with Gasteiger partial charge >= 0.3 is 0 Å². The zero-order valence-electron chi connectivity index (χ0n) is 11.5. The van der Waals surface area contributed by atoms with Gasteiger partial charge in [0.05, 0.1) is 0 Å². The Kier molecular flexibility index (Phi) is 5.25. The Morgan fingerprint density at radius 1 is 1.17 bits per heavy atom. The van der Waals surface area contributed by atoms with E-state index in [0.717, 1.165) is 24.9 Å². The number of halogens is 1. The molecule has 1 saturated carbocycles. The third kappa shape index (κ3) is 3.83. The first kappa shape index (κ1) is 14.1. The van der Waals surface area contributed by atoms with Gasteiger partial charge < -0.3 is 5.32 Å². The summed E-state index contributed by atoms with van der Waals surface area (Å²) >= 11 is 3.52. The lowest BCUT2D eigenvalue weighted by atomic mass is 9.73. The Bertz CT molecular complexity index is 354. The van der Waals surface area contributed by atoms with Crippen LogP contribution < -0.4 is 5.32 Å². The van der Waals surface area contributed by atoms with Gasteiger partial charge in [-0.2, -0.15) is 0 Å². The summed E-state index contributed by atoms with van der Waals surface area (Å²) in [5.41, 5.74) is 1.50. The summed E-state index contributed by atoms with van der Waals surface area (Å²) in [5, 5.41) is 3.64. The Morgan fingerprint density at radius 3 is 2.33 bits per heavy atom. The second kappa shape index (κ2) is 6.72. The molecule has 1 nitrogen and oxygen atoms in total. The van der Waals surface area contributed by atoms with E-state index in [1.54, 1.807) is 0 Å². The second-order valence-corrected chi connectivity index (χ2v) is 6.82. The van der Waals surface area contributed by atoms with Crippen LogP contribution in [-0.2, 0) is 0 Å². The van der Waals surface area contributed by atoms with E-state index in [9.17, 15) is 0 Å². The molecule has 1 fully saturated rings. The molecule has 100 valence electrons. The van der Waals surface area contributed by atoms with Gasteiger partial charge in [0.2, 0.25) is 0 Å². The zero-order chi connectivity index (χ0) is 13.0. The Morgan fingerprint density at radius 2 is 1.83 bits per heavy atom. The standard InChI is InChI=1S/C16H24BrN/c1-12(2)10-18-11-16(13-4-3-5-13)14-6-8-15(17)9-7-14/h6-9,12-13,16,18H,3-5,10-11H2,1-2H3. The summed E-state index contributed by atoms with van der Waals surface area (Å²) in [7, 11) is 0. The molecule has 1 aliphatic rings. The summed E-state index contributed by atoms with van der Waals surface area (Å²) in [4.78, 5) is 0. The quantitative estimate of drug-likeness (QED) is 0.811. The van der Waals surface area contributed by atoms with Crippen LogP contribution in [0, 0.1) is 11.8 Å². The molecule has 1 aromatic rings. The Balaban J connectivity index is 1.98. The highest BCUT2D eigenvalue weighted by Crippen LogP contribution is 2.39. The largest absolute Gasteiger partial charge is 0.316 e. The molecule has 0 aliphatic heterocycles. The number of hydrogen-bond acceptors (Lipinski definition) is 1. The van der Waals surface area contributed by atoms with Crippen molar-refractivity contribution in [2.75, 3.05) is 13.1 Å². The van der Waals surface area contributed by atoms with Crippen molar-refractivity contribution in [1.29, 1.82) is 0 Å². The van der Waals surface area contributed by atoms with Gasteiger partial charge in [-0.1, -0.05) is 48.3 Å². The van der Waals surface area contributed by atoms with Crippen molar-refractivity contribution in [2.24, 2.45) is 11.8 Å². The lowest BCUT2D eigenvalue weighted by molar-refractivity contribution is 0.253. The first-order valence-corrected chi connectivity index (χ1v) is 7.92. The van der Waals surface area contributed by atoms with Gasteiger partial charge in [-0.15, -0.1) is 0 Å². The summed E-state index contributed by atoms with van der Waals surface area (Å²) < 4.78 is 1.17. The molecular formula is C16H24BrN. The topological polar surface area (TPSA) is 12.0 Å². The van der Waals surface area contributed by atoms with E-state index in [4.69, 9.17) is 0 Å². The normalized spacial score (nSPS) is 17.8. The molecule has 0 spiro atoms. The molecule has 0 aromatic heterocycles. The van der Waals surface area contributed by atoms with Crippen LogP contribution in [0.15, 0.2) is 28.7 Å². The van der Waals surface area contributed by atoms with Crippen molar-refractivity contribution in [3.05, 3.63) is 34.3 Å². The van der Waals surface area contributed by atoms with Crippen LogP contribution in [0.25, 0.3) is 0 Å². The molecule has 1 unspecified atom stereocenters. The van der Waals surface area contributed by atoms with Gasteiger partial charge in [-0.3, -0.25) is 0 Å². The van der Waals surface area contributed by atoms with Crippen molar-refractivity contribution in [1.82, 2.24) is 5.32 Å². The van der Waals surface area contributed by atoms with Crippen molar-refractivity contribution < 1.29 is 0 Å². The predicted octanol–water partition coefficient (Wildman–Crippen LogP) is 4.58. The predicted molar refractivity (Wildman–Crippen MR) is 81.9 cm³/mol. The van der Waals surface area contributed by atoms with Crippen LogP contribution in [0.2, 0.25) is 0 Å². The maximum atomic E-state index is 3.64. The molecule has 1 aromatic carbocycles. The van der Waals surface area contributed by atoms with Crippen molar-refractivity contribution >= 4 is 15.9 Å². The van der Waals surface area contributed by atoms with Crippen molar-refractivity contribution in [3.63, 3.8) is 0 Å². The fourth-order valence-corrected chi connectivity index (χ4v) is 2.90. The van der Waals surface area contributed by atoms with E-state index in [-0.39, 0.29) is 0 Å². The molecule has 2 rings (SSSR count). The average Bonchev–Trinajstić information content (AvgIpc) is 2.26. The molecule has 2 heteroatoms. The number of rotatable bonds is 6. The van der Waals surface area contributed by atoms with Gasteiger partial charge in [-0.05, 0) is 54.8 Å². The van der Waals surface area contributed by atoms with Gasteiger partial charge in [0.1, 0.15) is 0 Å². The van der Waals surface area contributed by atoms with E-state index in [1.165, 1.54) is 29.3 Å². The van der Waals surface area contributed by atoms with Crippen LogP contribution in [0.1, 0.15) is 44.6 Å². The highest BCUT2D eigenvalue weighted by molar-refractivity contribution is 9.10. The molecule has 0 amide bonds. The second-order valence-electron chi connectivity index (χ2n) is 5.90. The summed E-state index contributed by atoms with van der Waals surface area (Å²) in [5.74, 6) is 2.33. The van der Waals surface area contributed by atoms with E-state index in [1.807, 2.05) is 0 Å². The smallest absolute Gasteiger partial charge is 0.0175 e. The Labute approximate surface area is 119 Å². The maximum absolute atomic E-state index is 3.64. The first-order valence-electron chi connectivity index (χ1n) is 7.13. The summed E-state index contributed by atoms with van der Waals surface area (Å²) in [6, 6.07) is 8.90. The highest BCUT2D eigenvalue weighted by atomic mass is 79.9. The van der Waals surface area contributed by atoms with Crippen LogP contribution in [0.4, 0.5) is 0 Å². The summed E-state index contributed by atoms with van der Waals surface area (Å²) in [6.45, 7) is 6.79. The minimum atomic E-state index is 0.700. The molecule has 0 heterocycles. The fraction of sp³-hybridized carbons (Fsp3) is 0.625. The monoisotopic (exact) mass is 309 g/mol. The minimum absolute atomic E-state index is 0.700. The van der Waals surface area contributed by atoms with Crippen LogP contribution in [-0.4, -0.2) is 13.1 Å². The molecule has 1 aliphatic carbocycles. The average molecular weight is 310 g/mol. The van der Waals surface area contributed by atoms with E-state index < -0.39 is 0 Å². The van der Waals surface area contributed by atoms with E-state index >= 15 is 0 Å². The molecule has 0 bridgehead atoms. The molecule has 0 radical (unpaired) electrons. The minimum Gasteiger partial charge on any atom is -0.316 e. The molecule has 1 atom stereocenters. The number of benzene rings is 1. The summed E-state index contributed by atoms with van der Waals surface area (Å²) in [6.07, 6.45) is 4.23. The number of nitrogens with one attached hydrogen (secondary N) is 1. The van der Waals surface area contributed by atoms with Crippen molar-refractivity contribution in [2.45, 2.75) is 39.0 Å². The third-order valence-corrected chi connectivity index (χ3v) is 4.46.